The Morgan fingerprint density at radius 2 is 1.68 bits per heavy atom. The SMILES string of the molecule is CC1CN2C(=O)c3ccccc3C2(O)C(c2cc(Cl)ccc2O)C2=C(N1)c1ccccc1C2=O. The van der Waals surface area contributed by atoms with Gasteiger partial charge in [0.25, 0.3) is 5.91 Å². The Morgan fingerprint density at radius 3 is 2.44 bits per heavy atom. The van der Waals surface area contributed by atoms with Crippen molar-refractivity contribution < 1.29 is 19.8 Å². The average Bonchev–Trinajstić information content (AvgIpc) is 3.20. The predicted octanol–water partition coefficient (Wildman–Crippen LogP) is 4.03. The van der Waals surface area contributed by atoms with Gasteiger partial charge in [-0.25, -0.2) is 0 Å². The molecule has 0 saturated heterocycles. The lowest BCUT2D eigenvalue weighted by molar-refractivity contribution is -0.100. The second-order valence-electron chi connectivity index (χ2n) is 9.03. The van der Waals surface area contributed by atoms with Gasteiger partial charge in [-0.2, -0.15) is 0 Å². The lowest BCUT2D eigenvalue weighted by atomic mass is 9.76. The zero-order valence-corrected chi connectivity index (χ0v) is 19.0. The van der Waals surface area contributed by atoms with Crippen molar-refractivity contribution in [1.82, 2.24) is 10.2 Å². The predicted molar refractivity (Wildman–Crippen MR) is 128 cm³/mol. The molecule has 3 aromatic carbocycles. The Labute approximate surface area is 201 Å². The van der Waals surface area contributed by atoms with Crippen molar-refractivity contribution >= 4 is 29.0 Å². The number of nitrogens with one attached hydrogen (secondary N) is 1. The van der Waals surface area contributed by atoms with Gasteiger partial charge in [0.05, 0.1) is 11.6 Å². The highest BCUT2D eigenvalue weighted by atomic mass is 35.5. The third kappa shape index (κ3) is 2.67. The molecule has 3 aliphatic rings. The molecule has 3 N–H and O–H groups in total. The third-order valence-electron chi connectivity index (χ3n) is 7.00. The van der Waals surface area contributed by atoms with Crippen molar-refractivity contribution in [3.8, 4) is 5.75 Å². The third-order valence-corrected chi connectivity index (χ3v) is 7.24. The van der Waals surface area contributed by atoms with E-state index in [1.807, 2.05) is 19.1 Å². The number of phenols is 1. The van der Waals surface area contributed by atoms with Crippen molar-refractivity contribution in [2.45, 2.75) is 24.6 Å². The number of carbonyl (C=O) groups excluding carboxylic acids is 2. The zero-order valence-electron chi connectivity index (χ0n) is 18.2. The monoisotopic (exact) mass is 472 g/mol. The van der Waals surface area contributed by atoms with E-state index < -0.39 is 11.6 Å². The lowest BCUT2D eigenvalue weighted by Gasteiger charge is -2.44. The minimum absolute atomic E-state index is 0.121. The molecular weight excluding hydrogens is 452 g/mol. The maximum Gasteiger partial charge on any atom is 0.256 e. The van der Waals surface area contributed by atoms with E-state index in [0.717, 1.165) is 5.56 Å². The van der Waals surface area contributed by atoms with Crippen LogP contribution in [-0.4, -0.2) is 39.4 Å². The number of rotatable bonds is 1. The van der Waals surface area contributed by atoms with E-state index >= 15 is 0 Å². The molecule has 0 aromatic heterocycles. The number of Topliss-reactive ketones (excluding diaryl/α,β-unsaturated/α-hetero) is 1. The molecule has 2 heterocycles. The van der Waals surface area contributed by atoms with Crippen molar-refractivity contribution in [2.75, 3.05) is 6.54 Å². The molecule has 6 rings (SSSR count). The minimum Gasteiger partial charge on any atom is -0.508 e. The highest BCUT2D eigenvalue weighted by Crippen LogP contribution is 2.55. The number of halogens is 1. The van der Waals surface area contributed by atoms with Gasteiger partial charge >= 0.3 is 0 Å². The van der Waals surface area contributed by atoms with Gasteiger partial charge < -0.3 is 20.4 Å². The van der Waals surface area contributed by atoms with E-state index in [1.54, 1.807) is 48.5 Å². The molecule has 0 radical (unpaired) electrons. The molecule has 0 saturated carbocycles. The van der Waals surface area contributed by atoms with Gasteiger partial charge in [-0.3, -0.25) is 9.59 Å². The molecule has 1 aliphatic carbocycles. The highest BCUT2D eigenvalue weighted by Gasteiger charge is 2.58. The summed E-state index contributed by atoms with van der Waals surface area (Å²) in [5.74, 6) is -1.80. The number of aliphatic hydroxyl groups is 1. The van der Waals surface area contributed by atoms with Crippen LogP contribution in [-0.2, 0) is 5.72 Å². The number of aromatic hydroxyl groups is 1. The molecule has 170 valence electrons. The van der Waals surface area contributed by atoms with Crippen LogP contribution in [0, 0.1) is 0 Å². The fourth-order valence-electron chi connectivity index (χ4n) is 5.60. The zero-order chi connectivity index (χ0) is 23.8. The number of fused-ring (bicyclic) bond motifs is 5. The van der Waals surface area contributed by atoms with Crippen LogP contribution in [0.25, 0.3) is 5.70 Å². The average molecular weight is 473 g/mol. The summed E-state index contributed by atoms with van der Waals surface area (Å²) in [6, 6.07) is 18.4. The van der Waals surface area contributed by atoms with Crippen LogP contribution in [0.5, 0.6) is 5.75 Å². The molecule has 34 heavy (non-hydrogen) atoms. The van der Waals surface area contributed by atoms with E-state index in [4.69, 9.17) is 11.6 Å². The molecule has 7 heteroatoms. The summed E-state index contributed by atoms with van der Waals surface area (Å²) in [5.41, 5.74) is 1.26. The maximum atomic E-state index is 13.9. The van der Waals surface area contributed by atoms with E-state index in [1.165, 1.54) is 11.0 Å². The normalized spacial score (nSPS) is 25.2. The van der Waals surface area contributed by atoms with Crippen LogP contribution in [0.3, 0.4) is 0 Å². The van der Waals surface area contributed by atoms with Crippen LogP contribution in [0.2, 0.25) is 5.02 Å². The number of amides is 1. The van der Waals surface area contributed by atoms with E-state index in [-0.39, 0.29) is 35.6 Å². The summed E-state index contributed by atoms with van der Waals surface area (Å²) < 4.78 is 0. The number of hydrogen-bond acceptors (Lipinski definition) is 5. The van der Waals surface area contributed by atoms with Gasteiger partial charge in [-0.15, -0.1) is 0 Å². The first-order valence-electron chi connectivity index (χ1n) is 11.1. The largest absolute Gasteiger partial charge is 0.508 e. The van der Waals surface area contributed by atoms with Crippen LogP contribution >= 0.6 is 11.6 Å². The molecule has 3 unspecified atom stereocenters. The highest BCUT2D eigenvalue weighted by molar-refractivity contribution is 6.30. The van der Waals surface area contributed by atoms with Gasteiger partial charge in [-0.1, -0.05) is 54.1 Å². The standard InChI is InChI=1S/C27H21ClN2O4/c1-14-13-30-26(33)18-8-4-5-9-20(18)27(30,34)23(19-12-15(28)10-11-21(19)31)22-24(29-14)16-6-2-3-7-17(16)25(22)32/h2-12,14,23,29,31,34H,13H2,1H3. The minimum atomic E-state index is -1.91. The van der Waals surface area contributed by atoms with Crippen molar-refractivity contribution in [3.63, 3.8) is 0 Å². The Kier molecular flexibility index (Phi) is 4.43. The summed E-state index contributed by atoms with van der Waals surface area (Å²) in [4.78, 5) is 28.8. The molecule has 6 nitrogen and oxygen atoms in total. The lowest BCUT2D eigenvalue weighted by Crippen LogP contribution is -2.54. The summed E-state index contributed by atoms with van der Waals surface area (Å²) in [6.45, 7) is 2.10. The quantitative estimate of drug-likeness (QED) is 0.497. The molecule has 3 aromatic rings. The first kappa shape index (κ1) is 21.0. The summed E-state index contributed by atoms with van der Waals surface area (Å²) >= 11 is 6.33. The van der Waals surface area contributed by atoms with E-state index in [2.05, 4.69) is 5.32 Å². The van der Waals surface area contributed by atoms with E-state index in [0.29, 0.717) is 33.0 Å². The summed E-state index contributed by atoms with van der Waals surface area (Å²) in [7, 11) is 0. The number of hydrogen-bond donors (Lipinski definition) is 3. The number of ketones is 1. The van der Waals surface area contributed by atoms with Crippen molar-refractivity contribution in [3.05, 3.63) is 105 Å². The summed E-state index contributed by atoms with van der Waals surface area (Å²) in [5, 5.41) is 27.3. The van der Waals surface area contributed by atoms with Crippen LogP contribution in [0.15, 0.2) is 72.3 Å². The number of phenolic OH excluding ortho intramolecular Hbond substituents is 1. The fraction of sp³-hybridized carbons (Fsp3) is 0.185. The Hall–Kier alpha value is -3.61. The van der Waals surface area contributed by atoms with Gasteiger partial charge in [-0.05, 0) is 31.2 Å². The fourth-order valence-corrected chi connectivity index (χ4v) is 5.78. The number of nitrogens with zero attached hydrogens (tertiary/aromatic N) is 1. The van der Waals surface area contributed by atoms with Gasteiger partial charge in [0.15, 0.2) is 11.5 Å². The first-order chi connectivity index (χ1) is 16.3. The molecule has 3 atom stereocenters. The molecule has 0 fully saturated rings. The van der Waals surface area contributed by atoms with Crippen LogP contribution in [0.4, 0.5) is 0 Å². The van der Waals surface area contributed by atoms with Crippen LogP contribution < -0.4 is 5.32 Å². The summed E-state index contributed by atoms with van der Waals surface area (Å²) in [6.07, 6.45) is 0. The Bertz CT molecular complexity index is 1430. The first-order valence-corrected chi connectivity index (χ1v) is 11.5. The number of benzene rings is 3. The molecule has 0 spiro atoms. The smallest absolute Gasteiger partial charge is 0.256 e. The molecule has 0 bridgehead atoms. The van der Waals surface area contributed by atoms with Crippen LogP contribution in [0.1, 0.15) is 50.2 Å². The topological polar surface area (TPSA) is 89.9 Å². The van der Waals surface area contributed by atoms with Gasteiger partial charge in [0, 0.05) is 51.0 Å². The second kappa shape index (κ2) is 7.19. The van der Waals surface area contributed by atoms with Gasteiger partial charge in [0.1, 0.15) is 5.75 Å². The second-order valence-corrected chi connectivity index (χ2v) is 9.47. The Balaban J connectivity index is 1.73. The van der Waals surface area contributed by atoms with Gasteiger partial charge in [0.2, 0.25) is 0 Å². The molecular formula is C27H21ClN2O4. The molecule has 1 amide bonds. The van der Waals surface area contributed by atoms with E-state index in [9.17, 15) is 19.8 Å². The van der Waals surface area contributed by atoms with Crippen molar-refractivity contribution in [2.24, 2.45) is 0 Å². The number of carbonyl (C=O) groups is 2. The molecule has 2 aliphatic heterocycles. The Morgan fingerprint density at radius 1 is 1.00 bits per heavy atom. The maximum absolute atomic E-state index is 13.9. The van der Waals surface area contributed by atoms with Crippen molar-refractivity contribution in [1.29, 1.82) is 0 Å².